The third-order valence-electron chi connectivity index (χ3n) is 1.99. The highest BCUT2D eigenvalue weighted by Crippen LogP contribution is 2.04. The summed E-state index contributed by atoms with van der Waals surface area (Å²) in [4.78, 5) is 10.5. The van der Waals surface area contributed by atoms with E-state index in [9.17, 15) is 4.79 Å². The van der Waals surface area contributed by atoms with E-state index in [1.54, 1.807) is 0 Å². The minimum absolute atomic E-state index is 0.462. The minimum atomic E-state index is -0.590. The van der Waals surface area contributed by atoms with Crippen molar-refractivity contribution in [3.05, 3.63) is 0 Å². The molecule has 0 saturated carbocycles. The Labute approximate surface area is 85.8 Å². The lowest BCUT2D eigenvalue weighted by Crippen LogP contribution is -2.05. The molecule has 0 aromatic rings. The van der Waals surface area contributed by atoms with Crippen LogP contribution >= 0.6 is 0 Å². The van der Waals surface area contributed by atoms with Gasteiger partial charge in [0, 0.05) is 0 Å². The van der Waals surface area contributed by atoms with Crippen LogP contribution in [0.15, 0.2) is 0 Å². The van der Waals surface area contributed by atoms with E-state index in [1.165, 1.54) is 26.4 Å². The number of methoxy groups -OCH3 is 1. The van der Waals surface area contributed by atoms with Crippen molar-refractivity contribution in [1.29, 1.82) is 0 Å². The Morgan fingerprint density at radius 1 is 1.07 bits per heavy atom. The van der Waals surface area contributed by atoms with Crippen molar-refractivity contribution in [1.82, 2.24) is 0 Å². The second-order valence-corrected chi connectivity index (χ2v) is 3.21. The molecule has 0 heterocycles. The topological polar surface area (TPSA) is 61.5 Å². The number of carbonyl (C=O) groups is 1. The maximum Gasteiger partial charge on any atom is 0.507 e. The van der Waals surface area contributed by atoms with Crippen LogP contribution in [0.4, 0.5) is 4.79 Å². The van der Waals surface area contributed by atoms with E-state index in [1.807, 2.05) is 0 Å². The number of unbranched alkanes of at least 4 members (excludes halogenated alkanes) is 5. The molecular weight excluding hydrogens is 182 g/mol. The third-order valence-corrected chi connectivity index (χ3v) is 1.99. The monoisotopic (exact) mass is 203 g/mol. The molecule has 84 valence electrons. The molecule has 4 nitrogen and oxygen atoms in total. The first-order chi connectivity index (χ1) is 6.81. The molecule has 0 aromatic heterocycles. The third kappa shape index (κ3) is 9.32. The Balaban J connectivity index is 2.95. The van der Waals surface area contributed by atoms with Gasteiger partial charge in [0.15, 0.2) is 0 Å². The van der Waals surface area contributed by atoms with Crippen LogP contribution < -0.4 is 5.73 Å². The van der Waals surface area contributed by atoms with E-state index < -0.39 is 6.16 Å². The molecule has 0 unspecified atom stereocenters. The van der Waals surface area contributed by atoms with Gasteiger partial charge < -0.3 is 15.2 Å². The van der Waals surface area contributed by atoms with Crippen LogP contribution in [-0.4, -0.2) is 26.4 Å². The summed E-state index contributed by atoms with van der Waals surface area (Å²) in [5, 5.41) is 0. The first kappa shape index (κ1) is 13.2. The summed E-state index contributed by atoms with van der Waals surface area (Å²) in [6.45, 7) is 1.25. The van der Waals surface area contributed by atoms with Gasteiger partial charge in [0.05, 0.1) is 13.7 Å². The molecule has 0 bridgehead atoms. The molecule has 4 heteroatoms. The first-order valence-electron chi connectivity index (χ1n) is 5.22. The molecule has 0 atom stereocenters. The molecule has 0 aliphatic heterocycles. The van der Waals surface area contributed by atoms with Crippen molar-refractivity contribution in [2.24, 2.45) is 5.73 Å². The summed E-state index contributed by atoms with van der Waals surface area (Å²) in [5.41, 5.74) is 5.37. The van der Waals surface area contributed by atoms with Crippen LogP contribution in [0.1, 0.15) is 38.5 Å². The van der Waals surface area contributed by atoms with Gasteiger partial charge in [-0.2, -0.15) is 0 Å². The average molecular weight is 203 g/mol. The predicted octanol–water partition coefficient (Wildman–Crippen LogP) is 2.07. The molecule has 0 saturated heterocycles. The lowest BCUT2D eigenvalue weighted by molar-refractivity contribution is 0.0713. The van der Waals surface area contributed by atoms with Gasteiger partial charge in [-0.05, 0) is 19.4 Å². The fourth-order valence-corrected chi connectivity index (χ4v) is 1.17. The molecular formula is C10H21NO3. The average Bonchev–Trinajstić information content (AvgIpc) is 2.21. The highest BCUT2D eigenvalue weighted by molar-refractivity contribution is 5.59. The second kappa shape index (κ2) is 10.3. The van der Waals surface area contributed by atoms with Crippen LogP contribution in [0.25, 0.3) is 0 Å². The van der Waals surface area contributed by atoms with Crippen LogP contribution in [0.5, 0.6) is 0 Å². The van der Waals surface area contributed by atoms with Crippen molar-refractivity contribution < 1.29 is 14.3 Å². The van der Waals surface area contributed by atoms with Crippen LogP contribution in [0.2, 0.25) is 0 Å². The van der Waals surface area contributed by atoms with Crippen molar-refractivity contribution in [3.63, 3.8) is 0 Å². The van der Waals surface area contributed by atoms with Gasteiger partial charge in [-0.1, -0.05) is 25.7 Å². The first-order valence-corrected chi connectivity index (χ1v) is 5.22. The van der Waals surface area contributed by atoms with E-state index in [0.717, 1.165) is 25.8 Å². The molecule has 2 N–H and O–H groups in total. The fourth-order valence-electron chi connectivity index (χ4n) is 1.17. The normalized spacial score (nSPS) is 9.86. The highest BCUT2D eigenvalue weighted by atomic mass is 16.7. The molecule has 0 rings (SSSR count). The summed E-state index contributed by atoms with van der Waals surface area (Å²) in [5.74, 6) is 0. The molecule has 0 amide bonds. The number of rotatable bonds is 8. The lowest BCUT2D eigenvalue weighted by atomic mass is 10.1. The summed E-state index contributed by atoms with van der Waals surface area (Å²) in [6, 6.07) is 0. The predicted molar refractivity (Wildman–Crippen MR) is 55.1 cm³/mol. The summed E-state index contributed by atoms with van der Waals surface area (Å²) in [7, 11) is 1.31. The molecule has 0 radical (unpaired) electrons. The molecule has 14 heavy (non-hydrogen) atoms. The van der Waals surface area contributed by atoms with Crippen LogP contribution in [0.3, 0.4) is 0 Å². The van der Waals surface area contributed by atoms with E-state index in [2.05, 4.69) is 4.74 Å². The molecule has 0 fully saturated rings. The van der Waals surface area contributed by atoms with Crippen molar-refractivity contribution in [2.45, 2.75) is 38.5 Å². The number of hydrogen-bond acceptors (Lipinski definition) is 4. The van der Waals surface area contributed by atoms with E-state index in [-0.39, 0.29) is 0 Å². The van der Waals surface area contributed by atoms with Gasteiger partial charge in [0.2, 0.25) is 0 Å². The zero-order chi connectivity index (χ0) is 10.6. The van der Waals surface area contributed by atoms with Crippen LogP contribution in [0, 0.1) is 0 Å². The number of nitrogens with two attached hydrogens (primary N) is 1. The zero-order valence-electron chi connectivity index (χ0n) is 8.96. The Kier molecular flexibility index (Phi) is 9.74. The van der Waals surface area contributed by atoms with Gasteiger partial charge in [0.25, 0.3) is 0 Å². The van der Waals surface area contributed by atoms with Gasteiger partial charge in [-0.15, -0.1) is 0 Å². The van der Waals surface area contributed by atoms with Crippen LogP contribution in [-0.2, 0) is 9.47 Å². The molecule has 0 spiro atoms. The zero-order valence-corrected chi connectivity index (χ0v) is 8.96. The van der Waals surface area contributed by atoms with Gasteiger partial charge in [0.1, 0.15) is 0 Å². The van der Waals surface area contributed by atoms with Gasteiger partial charge in [-0.25, -0.2) is 4.79 Å². The summed E-state index contributed by atoms with van der Waals surface area (Å²) < 4.78 is 9.07. The standard InChI is InChI=1S/C10H21NO3/c1-13-10(12)14-9-7-5-3-2-4-6-8-11/h2-9,11H2,1H3. The minimum Gasteiger partial charge on any atom is -0.438 e. The Bertz CT molecular complexity index is 139. The lowest BCUT2D eigenvalue weighted by Gasteiger charge is -2.02. The number of carbonyl (C=O) groups excluding carboxylic acids is 1. The molecule has 0 aliphatic rings. The maximum atomic E-state index is 10.5. The van der Waals surface area contributed by atoms with E-state index in [0.29, 0.717) is 6.61 Å². The number of hydrogen-bond donors (Lipinski definition) is 1. The Hall–Kier alpha value is -0.770. The quantitative estimate of drug-likeness (QED) is 0.484. The van der Waals surface area contributed by atoms with Gasteiger partial charge >= 0.3 is 6.16 Å². The Morgan fingerprint density at radius 3 is 2.21 bits per heavy atom. The smallest absolute Gasteiger partial charge is 0.438 e. The second-order valence-electron chi connectivity index (χ2n) is 3.21. The van der Waals surface area contributed by atoms with E-state index >= 15 is 0 Å². The van der Waals surface area contributed by atoms with Crippen molar-refractivity contribution in [2.75, 3.05) is 20.3 Å². The largest absolute Gasteiger partial charge is 0.507 e. The Morgan fingerprint density at radius 2 is 1.64 bits per heavy atom. The molecule has 0 aromatic carbocycles. The van der Waals surface area contributed by atoms with Crippen molar-refractivity contribution >= 4 is 6.16 Å². The fraction of sp³-hybridized carbons (Fsp3) is 0.900. The van der Waals surface area contributed by atoms with Crippen molar-refractivity contribution in [3.8, 4) is 0 Å². The highest BCUT2D eigenvalue weighted by Gasteiger charge is 1.98. The molecule has 0 aliphatic carbocycles. The summed E-state index contributed by atoms with van der Waals surface area (Å²) in [6.07, 6.45) is 6.14. The summed E-state index contributed by atoms with van der Waals surface area (Å²) >= 11 is 0. The maximum absolute atomic E-state index is 10.5. The number of ether oxygens (including phenoxy) is 2. The SMILES string of the molecule is COC(=O)OCCCCCCCCN. The van der Waals surface area contributed by atoms with Gasteiger partial charge in [-0.3, -0.25) is 0 Å². The van der Waals surface area contributed by atoms with E-state index in [4.69, 9.17) is 10.5 Å².